The molecule has 1 aromatic heterocycles. The van der Waals surface area contributed by atoms with Gasteiger partial charge in [-0.25, -0.2) is 4.98 Å². The van der Waals surface area contributed by atoms with E-state index in [9.17, 15) is 14.9 Å². The molecule has 1 unspecified atom stereocenters. The number of hydrogen-bond donors (Lipinski definition) is 2. The highest BCUT2D eigenvalue weighted by atomic mass is 16.6. The monoisotopic (exact) mass is 356 g/mol. The van der Waals surface area contributed by atoms with E-state index in [2.05, 4.69) is 15.3 Å². The predicted octanol–water partition coefficient (Wildman–Crippen LogP) is 1.76. The van der Waals surface area contributed by atoms with E-state index in [0.29, 0.717) is 24.6 Å². The number of amides is 1. The fraction of sp³-hybridized carbons (Fsp3) is 0.353. The number of hydrogen-bond acceptors (Lipinski definition) is 7. The Labute approximate surface area is 150 Å². The zero-order valence-corrected chi connectivity index (χ0v) is 14.2. The van der Waals surface area contributed by atoms with Crippen molar-refractivity contribution < 1.29 is 9.72 Å². The number of aromatic nitrogens is 2. The van der Waals surface area contributed by atoms with Crippen molar-refractivity contribution in [1.82, 2.24) is 15.3 Å². The van der Waals surface area contributed by atoms with Gasteiger partial charge in [-0.15, -0.1) is 0 Å². The molecule has 1 aliphatic heterocycles. The molecule has 2 heterocycles. The molecule has 1 fully saturated rings. The van der Waals surface area contributed by atoms with Crippen LogP contribution in [0.5, 0.6) is 0 Å². The van der Waals surface area contributed by atoms with E-state index in [1.165, 1.54) is 0 Å². The minimum absolute atomic E-state index is 0.0114. The van der Waals surface area contributed by atoms with Crippen molar-refractivity contribution in [2.75, 3.05) is 23.7 Å². The topological polar surface area (TPSA) is 127 Å². The van der Waals surface area contributed by atoms with Crippen LogP contribution in [0.4, 0.5) is 17.5 Å². The smallest absolute Gasteiger partial charge is 0.329 e. The Morgan fingerprint density at radius 2 is 2.12 bits per heavy atom. The lowest BCUT2D eigenvalue weighted by molar-refractivity contribution is -0.384. The van der Waals surface area contributed by atoms with Gasteiger partial charge in [-0.2, -0.15) is 4.98 Å². The molecule has 9 heteroatoms. The molecule has 2 aromatic rings. The number of carbonyl (C=O) groups is 1. The number of nitrogens with two attached hydrogens (primary N) is 1. The number of nitrogen functional groups attached to an aromatic ring is 1. The Morgan fingerprint density at radius 3 is 2.81 bits per heavy atom. The number of anilines is 2. The summed E-state index contributed by atoms with van der Waals surface area (Å²) in [5, 5.41) is 13.8. The van der Waals surface area contributed by atoms with E-state index in [0.717, 1.165) is 25.5 Å². The van der Waals surface area contributed by atoms with Gasteiger partial charge in [-0.1, -0.05) is 18.2 Å². The molecule has 136 valence electrons. The molecular formula is C17H20N6O3. The second kappa shape index (κ2) is 7.77. The Kier molecular flexibility index (Phi) is 5.26. The molecule has 0 radical (unpaired) electrons. The summed E-state index contributed by atoms with van der Waals surface area (Å²) in [6, 6.07) is 9.01. The minimum Gasteiger partial charge on any atom is -0.378 e. The van der Waals surface area contributed by atoms with E-state index < -0.39 is 4.92 Å². The first kappa shape index (κ1) is 17.6. The van der Waals surface area contributed by atoms with Crippen LogP contribution in [0.25, 0.3) is 0 Å². The second-order valence-corrected chi connectivity index (χ2v) is 6.12. The van der Waals surface area contributed by atoms with Crippen LogP contribution in [-0.2, 0) is 0 Å². The van der Waals surface area contributed by atoms with E-state index in [1.54, 1.807) is 12.1 Å². The standard InChI is InChI=1S/C17H20N6O3/c18-15-14(23(25)26)11-20-17(21-15)22-9-5-4-8-13(22)10-19-16(24)12-6-2-1-3-7-12/h1-3,6-7,11,13H,4-5,8-10H2,(H,19,24)(H2,18,20,21). The van der Waals surface area contributed by atoms with Crippen LogP contribution in [-0.4, -0.2) is 39.9 Å². The number of piperidine rings is 1. The first-order valence-electron chi connectivity index (χ1n) is 8.43. The van der Waals surface area contributed by atoms with E-state index in [1.807, 2.05) is 23.1 Å². The average Bonchev–Trinajstić information content (AvgIpc) is 2.66. The van der Waals surface area contributed by atoms with E-state index >= 15 is 0 Å². The number of benzene rings is 1. The van der Waals surface area contributed by atoms with Crippen LogP contribution < -0.4 is 16.0 Å². The Balaban J connectivity index is 1.71. The first-order valence-corrected chi connectivity index (χ1v) is 8.43. The van der Waals surface area contributed by atoms with Gasteiger partial charge in [-0.3, -0.25) is 14.9 Å². The normalized spacial score (nSPS) is 16.9. The summed E-state index contributed by atoms with van der Waals surface area (Å²) < 4.78 is 0. The third-order valence-corrected chi connectivity index (χ3v) is 4.40. The summed E-state index contributed by atoms with van der Waals surface area (Å²) in [4.78, 5) is 32.7. The van der Waals surface area contributed by atoms with Gasteiger partial charge in [0.25, 0.3) is 5.91 Å². The predicted molar refractivity (Wildman–Crippen MR) is 96.9 cm³/mol. The lowest BCUT2D eigenvalue weighted by atomic mass is 10.0. The molecule has 1 amide bonds. The molecule has 1 aromatic carbocycles. The first-order chi connectivity index (χ1) is 12.6. The molecule has 1 atom stereocenters. The lowest BCUT2D eigenvalue weighted by Crippen LogP contribution is -2.47. The maximum Gasteiger partial charge on any atom is 0.329 e. The van der Waals surface area contributed by atoms with Crippen LogP contribution in [0, 0.1) is 10.1 Å². The molecule has 3 N–H and O–H groups in total. The highest BCUT2D eigenvalue weighted by molar-refractivity contribution is 5.94. The zero-order chi connectivity index (χ0) is 18.5. The van der Waals surface area contributed by atoms with Crippen molar-refractivity contribution in [3.63, 3.8) is 0 Å². The molecule has 1 saturated heterocycles. The molecule has 1 aliphatic rings. The molecule has 9 nitrogen and oxygen atoms in total. The summed E-state index contributed by atoms with van der Waals surface area (Å²) in [6.07, 6.45) is 4.00. The molecule has 0 bridgehead atoms. The fourth-order valence-corrected chi connectivity index (χ4v) is 3.04. The third-order valence-electron chi connectivity index (χ3n) is 4.40. The maximum atomic E-state index is 12.2. The maximum absolute atomic E-state index is 12.2. The van der Waals surface area contributed by atoms with E-state index in [4.69, 9.17) is 5.73 Å². The highest BCUT2D eigenvalue weighted by Gasteiger charge is 2.26. The van der Waals surface area contributed by atoms with Gasteiger partial charge in [0, 0.05) is 24.7 Å². The SMILES string of the molecule is Nc1nc(N2CCCCC2CNC(=O)c2ccccc2)ncc1[N+](=O)[O-]. The van der Waals surface area contributed by atoms with Gasteiger partial charge in [-0.05, 0) is 31.4 Å². The summed E-state index contributed by atoms with van der Waals surface area (Å²) in [5.74, 6) is 0.0599. The van der Waals surface area contributed by atoms with E-state index in [-0.39, 0.29) is 23.5 Å². The molecule has 0 aliphatic carbocycles. The Morgan fingerprint density at radius 1 is 1.35 bits per heavy atom. The molecule has 0 spiro atoms. The Hall–Kier alpha value is -3.23. The van der Waals surface area contributed by atoms with Gasteiger partial charge in [0.05, 0.1) is 4.92 Å². The summed E-state index contributed by atoms with van der Waals surface area (Å²) in [5.41, 5.74) is 5.98. The van der Waals surface area contributed by atoms with Crippen molar-refractivity contribution in [3.05, 3.63) is 52.2 Å². The van der Waals surface area contributed by atoms with Gasteiger partial charge in [0.1, 0.15) is 6.20 Å². The minimum atomic E-state index is -0.604. The summed E-state index contributed by atoms with van der Waals surface area (Å²) in [6.45, 7) is 1.15. The van der Waals surface area contributed by atoms with Gasteiger partial charge >= 0.3 is 5.69 Å². The fourth-order valence-electron chi connectivity index (χ4n) is 3.04. The van der Waals surface area contributed by atoms with Crippen LogP contribution in [0.2, 0.25) is 0 Å². The van der Waals surface area contributed by atoms with Crippen LogP contribution in [0.1, 0.15) is 29.6 Å². The largest absolute Gasteiger partial charge is 0.378 e. The summed E-state index contributed by atoms with van der Waals surface area (Å²) in [7, 11) is 0. The quantitative estimate of drug-likeness (QED) is 0.617. The second-order valence-electron chi connectivity index (χ2n) is 6.12. The number of nitrogens with zero attached hydrogens (tertiary/aromatic N) is 4. The Bertz CT molecular complexity index is 798. The average molecular weight is 356 g/mol. The third kappa shape index (κ3) is 3.88. The van der Waals surface area contributed by atoms with Crippen LogP contribution in [0.3, 0.4) is 0 Å². The van der Waals surface area contributed by atoms with Crippen molar-refractivity contribution in [1.29, 1.82) is 0 Å². The number of nitrogens with one attached hydrogen (secondary N) is 1. The highest BCUT2D eigenvalue weighted by Crippen LogP contribution is 2.25. The van der Waals surface area contributed by atoms with Crippen molar-refractivity contribution in [3.8, 4) is 0 Å². The molecule has 26 heavy (non-hydrogen) atoms. The van der Waals surface area contributed by atoms with Crippen LogP contribution in [0.15, 0.2) is 36.5 Å². The number of rotatable bonds is 5. The molecule has 3 rings (SSSR count). The van der Waals surface area contributed by atoms with Gasteiger partial charge in [0.15, 0.2) is 0 Å². The zero-order valence-electron chi connectivity index (χ0n) is 14.2. The lowest BCUT2D eigenvalue weighted by Gasteiger charge is -2.35. The number of carbonyl (C=O) groups excluding carboxylic acids is 1. The van der Waals surface area contributed by atoms with Crippen molar-refractivity contribution >= 4 is 23.4 Å². The van der Waals surface area contributed by atoms with Crippen LogP contribution >= 0.6 is 0 Å². The van der Waals surface area contributed by atoms with Crippen molar-refractivity contribution in [2.45, 2.75) is 25.3 Å². The molecule has 0 saturated carbocycles. The molecular weight excluding hydrogens is 336 g/mol. The number of nitro groups is 1. The van der Waals surface area contributed by atoms with Gasteiger partial charge < -0.3 is 16.0 Å². The summed E-state index contributed by atoms with van der Waals surface area (Å²) >= 11 is 0. The van der Waals surface area contributed by atoms with Crippen molar-refractivity contribution in [2.24, 2.45) is 0 Å². The van der Waals surface area contributed by atoms with Gasteiger partial charge in [0.2, 0.25) is 11.8 Å².